The summed E-state index contributed by atoms with van der Waals surface area (Å²) in [7, 11) is 0. The summed E-state index contributed by atoms with van der Waals surface area (Å²) >= 11 is 1.01. The molecule has 0 bridgehead atoms. The average Bonchev–Trinajstić information content (AvgIpc) is 3.14. The summed E-state index contributed by atoms with van der Waals surface area (Å²) in [5, 5.41) is 30.6. The Balaban J connectivity index is 0.000000806. The van der Waals surface area contributed by atoms with Gasteiger partial charge in [0.25, 0.3) is 6.47 Å². The topological polar surface area (TPSA) is 123 Å². The molecular weight excluding hydrogens is 404 g/mol. The molecule has 1 atom stereocenters. The first-order valence-corrected chi connectivity index (χ1v) is 10.7. The number of carbonyl (C=O) groups is 1. The summed E-state index contributed by atoms with van der Waals surface area (Å²) in [5.41, 5.74) is 5.47. The van der Waals surface area contributed by atoms with Gasteiger partial charge in [-0.3, -0.25) is 9.59 Å². The maximum absolute atomic E-state index is 11.6. The largest absolute Gasteiger partial charge is 0.506 e. The highest BCUT2D eigenvalue weighted by molar-refractivity contribution is 7.16. The quantitative estimate of drug-likeness (QED) is 0.354. The molecule has 8 heteroatoms. The van der Waals surface area contributed by atoms with E-state index in [-0.39, 0.29) is 17.1 Å². The molecule has 0 fully saturated rings. The van der Waals surface area contributed by atoms with Crippen LogP contribution in [0.25, 0.3) is 10.2 Å². The molecule has 0 amide bonds. The van der Waals surface area contributed by atoms with Crippen LogP contribution >= 0.6 is 11.3 Å². The van der Waals surface area contributed by atoms with Gasteiger partial charge in [-0.25, -0.2) is 0 Å². The van der Waals surface area contributed by atoms with Crippen LogP contribution in [0.4, 0.5) is 0 Å². The summed E-state index contributed by atoms with van der Waals surface area (Å²) in [6, 6.07) is 3.19. The molecule has 4 rings (SSSR count). The number of benzene rings is 1. The van der Waals surface area contributed by atoms with Gasteiger partial charge >= 0.3 is 4.87 Å². The Morgan fingerprint density at radius 1 is 1.27 bits per heavy atom. The molecule has 7 nitrogen and oxygen atoms in total. The summed E-state index contributed by atoms with van der Waals surface area (Å²) in [5.74, 6) is 0.0286. The Morgan fingerprint density at radius 3 is 2.87 bits per heavy atom. The maximum Gasteiger partial charge on any atom is 0.305 e. The van der Waals surface area contributed by atoms with Crippen molar-refractivity contribution in [3.8, 4) is 5.75 Å². The smallest absolute Gasteiger partial charge is 0.305 e. The van der Waals surface area contributed by atoms with Gasteiger partial charge in [0.15, 0.2) is 0 Å². The van der Waals surface area contributed by atoms with Gasteiger partial charge in [-0.05, 0) is 55.9 Å². The van der Waals surface area contributed by atoms with Crippen LogP contribution in [0, 0.1) is 0 Å². The van der Waals surface area contributed by atoms with Crippen molar-refractivity contribution in [3.63, 3.8) is 0 Å². The molecule has 160 valence electrons. The number of carboxylic acid groups (broad SMARTS) is 1. The van der Waals surface area contributed by atoms with Crippen molar-refractivity contribution in [2.24, 2.45) is 0 Å². The number of aromatic nitrogens is 1. The van der Waals surface area contributed by atoms with Crippen LogP contribution in [-0.2, 0) is 4.79 Å². The Kier molecular flexibility index (Phi) is 7.62. The zero-order valence-corrected chi connectivity index (χ0v) is 17.4. The Morgan fingerprint density at radius 2 is 2.07 bits per heavy atom. The number of aliphatic hydroxyl groups is 1. The summed E-state index contributed by atoms with van der Waals surface area (Å²) in [4.78, 5) is 22.3. The van der Waals surface area contributed by atoms with E-state index in [9.17, 15) is 15.0 Å². The highest BCUT2D eigenvalue weighted by Gasteiger charge is 2.17. The molecule has 30 heavy (non-hydrogen) atoms. The number of hydrogen-bond donors (Lipinski definition) is 5. The zero-order valence-electron chi connectivity index (χ0n) is 16.6. The third-order valence-electron chi connectivity index (χ3n) is 5.30. The highest BCUT2D eigenvalue weighted by Crippen LogP contribution is 2.33. The number of nitrogens with one attached hydrogen (secondary N) is 2. The fourth-order valence-electron chi connectivity index (χ4n) is 3.83. The summed E-state index contributed by atoms with van der Waals surface area (Å²) in [6.45, 7) is 0.951. The van der Waals surface area contributed by atoms with Crippen molar-refractivity contribution in [1.82, 2.24) is 10.3 Å². The minimum Gasteiger partial charge on any atom is -0.506 e. The standard InChI is InChI=1S/C21H24N2O3S.CH2O2/c24-17-8-7-16(20-19(17)23-21(26)27-20)18(25)12-22-10-9-13-5-6-14-3-1-2-4-15(14)11-13;2-1-3/h4-8,18,22,24-25H,1-3,9-12H2,(H,23,26);1H,(H,2,3)/t18-;/m0./s1. The first-order chi connectivity index (χ1) is 14.5. The Hall–Kier alpha value is -2.68. The predicted octanol–water partition coefficient (Wildman–Crippen LogP) is 3.38. The fourth-order valence-corrected chi connectivity index (χ4v) is 4.75. The van der Waals surface area contributed by atoms with Crippen molar-refractivity contribution in [1.29, 1.82) is 0 Å². The van der Waals surface area contributed by atoms with Gasteiger partial charge in [0.1, 0.15) is 11.3 Å². The van der Waals surface area contributed by atoms with E-state index >= 15 is 0 Å². The number of hydrogen-bond acceptors (Lipinski definition) is 6. The van der Waals surface area contributed by atoms with Crippen molar-refractivity contribution >= 4 is 28.0 Å². The lowest BCUT2D eigenvalue weighted by Gasteiger charge is -2.22. The van der Waals surface area contributed by atoms with E-state index in [1.165, 1.54) is 42.0 Å². The third kappa shape index (κ3) is 5.27. The zero-order chi connectivity index (χ0) is 21.5. The number of rotatable bonds is 6. The number of phenols is 1. The second-order valence-electron chi connectivity index (χ2n) is 7.28. The minimum absolute atomic E-state index is 0.0286. The summed E-state index contributed by atoms with van der Waals surface area (Å²) < 4.78 is 0.617. The van der Waals surface area contributed by atoms with E-state index in [0.717, 1.165) is 30.7 Å². The third-order valence-corrected chi connectivity index (χ3v) is 6.23. The number of allylic oxidation sites excluding steroid dienone is 5. The van der Waals surface area contributed by atoms with E-state index in [1.54, 1.807) is 6.07 Å². The van der Waals surface area contributed by atoms with Crippen LogP contribution in [0.1, 0.15) is 43.8 Å². The van der Waals surface area contributed by atoms with Crippen LogP contribution in [0.5, 0.6) is 5.75 Å². The van der Waals surface area contributed by atoms with Gasteiger partial charge in [0.05, 0.1) is 10.8 Å². The molecule has 1 aromatic heterocycles. The van der Waals surface area contributed by atoms with Crippen molar-refractivity contribution in [3.05, 3.63) is 62.3 Å². The van der Waals surface area contributed by atoms with Crippen LogP contribution in [0.2, 0.25) is 0 Å². The minimum atomic E-state index is -0.729. The number of aromatic amines is 1. The molecule has 0 spiro atoms. The fraction of sp³-hybridized carbons (Fsp3) is 0.364. The molecule has 0 unspecified atom stereocenters. The van der Waals surface area contributed by atoms with Crippen molar-refractivity contribution in [2.45, 2.75) is 38.2 Å². The molecule has 2 aliphatic rings. The van der Waals surface area contributed by atoms with E-state index in [1.807, 2.05) is 0 Å². The number of aromatic hydroxyl groups is 1. The second-order valence-corrected chi connectivity index (χ2v) is 8.27. The van der Waals surface area contributed by atoms with Crippen LogP contribution in [0.3, 0.4) is 0 Å². The van der Waals surface area contributed by atoms with Gasteiger partial charge < -0.3 is 25.6 Å². The second kappa shape index (κ2) is 10.4. The van der Waals surface area contributed by atoms with Gasteiger partial charge in [-0.2, -0.15) is 0 Å². The first-order valence-electron chi connectivity index (χ1n) is 9.92. The van der Waals surface area contributed by atoms with E-state index in [0.29, 0.717) is 22.3 Å². The normalized spacial score (nSPS) is 16.5. The lowest BCUT2D eigenvalue weighted by atomic mass is 9.84. The SMILES string of the molecule is O=CO.O=c1[nH]c2c(O)ccc([C@@H](O)CNCCC3=CC=C4CCCC=C4C3)c2s1. The Bertz CT molecular complexity index is 1050. The average molecular weight is 431 g/mol. The molecular formula is C22H26N2O5S. The molecule has 0 saturated heterocycles. The molecule has 0 radical (unpaired) electrons. The molecule has 0 saturated carbocycles. The molecule has 2 aromatic rings. The molecule has 0 aliphatic heterocycles. The van der Waals surface area contributed by atoms with Gasteiger partial charge in [0, 0.05) is 12.1 Å². The van der Waals surface area contributed by atoms with E-state index < -0.39 is 6.10 Å². The summed E-state index contributed by atoms with van der Waals surface area (Å²) in [6.07, 6.45) is 11.8. The van der Waals surface area contributed by atoms with Crippen molar-refractivity contribution < 1.29 is 20.1 Å². The molecule has 5 N–H and O–H groups in total. The Labute approximate surface area is 178 Å². The van der Waals surface area contributed by atoms with Gasteiger partial charge in [0.2, 0.25) is 0 Å². The number of aliphatic hydroxyl groups excluding tert-OH is 1. The van der Waals surface area contributed by atoms with Gasteiger partial charge in [-0.15, -0.1) is 0 Å². The van der Waals surface area contributed by atoms with Crippen LogP contribution < -0.4 is 10.2 Å². The van der Waals surface area contributed by atoms with Gasteiger partial charge in [-0.1, -0.05) is 41.2 Å². The molecule has 2 aliphatic carbocycles. The van der Waals surface area contributed by atoms with E-state index in [4.69, 9.17) is 9.90 Å². The lowest BCUT2D eigenvalue weighted by molar-refractivity contribution is -0.122. The highest BCUT2D eigenvalue weighted by atomic mass is 32.1. The van der Waals surface area contributed by atoms with Crippen LogP contribution in [-0.4, -0.2) is 39.9 Å². The number of fused-ring (bicyclic) bond motifs is 2. The van der Waals surface area contributed by atoms with Crippen LogP contribution in [0.15, 0.2) is 51.9 Å². The molecule has 1 aromatic carbocycles. The maximum atomic E-state index is 11.6. The monoisotopic (exact) mass is 430 g/mol. The van der Waals surface area contributed by atoms with Crippen molar-refractivity contribution in [2.75, 3.05) is 13.1 Å². The predicted molar refractivity (Wildman–Crippen MR) is 118 cm³/mol. The van der Waals surface area contributed by atoms with E-state index in [2.05, 4.69) is 28.5 Å². The number of phenolic OH excluding ortho intramolecular Hbond substituents is 1. The number of thiazole rings is 1. The lowest BCUT2D eigenvalue weighted by Crippen LogP contribution is -2.23. The number of H-pyrrole nitrogens is 1. The molecule has 1 heterocycles. The first kappa shape index (κ1) is 22.0.